The van der Waals surface area contributed by atoms with Crippen LogP contribution in [0.4, 0.5) is 0 Å². The van der Waals surface area contributed by atoms with Crippen molar-refractivity contribution in [3.63, 3.8) is 0 Å². The van der Waals surface area contributed by atoms with Gasteiger partial charge in [-0.15, -0.1) is 0 Å². The minimum atomic E-state index is 0.530. The van der Waals surface area contributed by atoms with Crippen LogP contribution < -0.4 is 5.73 Å². The molecule has 1 heteroatoms. The molecule has 88 valence electrons. The van der Waals surface area contributed by atoms with Crippen molar-refractivity contribution in [2.24, 2.45) is 34.8 Å². The third-order valence-corrected chi connectivity index (χ3v) is 4.88. The van der Waals surface area contributed by atoms with E-state index < -0.39 is 0 Å². The van der Waals surface area contributed by atoms with E-state index >= 15 is 0 Å². The summed E-state index contributed by atoms with van der Waals surface area (Å²) in [5.41, 5.74) is 6.26. The number of rotatable bonds is 2. The van der Waals surface area contributed by atoms with Gasteiger partial charge in [-0.25, -0.2) is 0 Å². The lowest BCUT2D eigenvalue weighted by molar-refractivity contribution is 0.140. The van der Waals surface area contributed by atoms with E-state index in [9.17, 15) is 0 Å². The van der Waals surface area contributed by atoms with E-state index in [1.54, 1.807) is 0 Å². The number of nitrogens with two attached hydrogens (primary N) is 1. The summed E-state index contributed by atoms with van der Waals surface area (Å²) in [5, 5.41) is 0. The van der Waals surface area contributed by atoms with E-state index in [0.29, 0.717) is 5.41 Å². The Balaban J connectivity index is 1.78. The van der Waals surface area contributed by atoms with Gasteiger partial charge in [-0.2, -0.15) is 0 Å². The van der Waals surface area contributed by atoms with Gasteiger partial charge in [0.05, 0.1) is 0 Å². The second kappa shape index (κ2) is 4.08. The molecule has 2 atom stereocenters. The van der Waals surface area contributed by atoms with Gasteiger partial charge in [-0.05, 0) is 67.7 Å². The zero-order valence-electron chi connectivity index (χ0n) is 10.6. The average Bonchev–Trinajstić information content (AvgIpc) is 2.95. The van der Waals surface area contributed by atoms with Gasteiger partial charge in [0.15, 0.2) is 0 Å². The topological polar surface area (TPSA) is 26.0 Å². The molecule has 2 rings (SSSR count). The molecule has 0 aromatic rings. The standard InChI is InChI=1S/C14H27N/c1-14(2,3)12-6-4-10(5-7-12)13-8-11(13)9-15/h10-13H,4-9,15H2,1-3H3. The molecule has 2 N–H and O–H groups in total. The predicted octanol–water partition coefficient (Wildman–Crippen LogP) is 3.43. The first-order valence-corrected chi connectivity index (χ1v) is 6.72. The molecule has 0 spiro atoms. The Bertz CT molecular complexity index is 208. The minimum absolute atomic E-state index is 0.530. The van der Waals surface area contributed by atoms with Crippen molar-refractivity contribution in [1.82, 2.24) is 0 Å². The molecule has 0 saturated heterocycles. The lowest BCUT2D eigenvalue weighted by atomic mass is 9.69. The monoisotopic (exact) mass is 209 g/mol. The SMILES string of the molecule is CC(C)(C)C1CCC(C2CC2CN)CC1. The molecule has 0 aliphatic heterocycles. The molecule has 0 aromatic carbocycles. The van der Waals surface area contributed by atoms with Crippen LogP contribution in [-0.4, -0.2) is 6.54 Å². The Morgan fingerprint density at radius 1 is 1.07 bits per heavy atom. The van der Waals surface area contributed by atoms with Crippen molar-refractivity contribution in [2.75, 3.05) is 6.54 Å². The summed E-state index contributed by atoms with van der Waals surface area (Å²) in [6.45, 7) is 8.14. The molecule has 2 saturated carbocycles. The molecule has 0 amide bonds. The van der Waals surface area contributed by atoms with Gasteiger partial charge in [0.2, 0.25) is 0 Å². The van der Waals surface area contributed by atoms with Crippen LogP contribution >= 0.6 is 0 Å². The van der Waals surface area contributed by atoms with Gasteiger partial charge >= 0.3 is 0 Å². The Morgan fingerprint density at radius 2 is 1.67 bits per heavy atom. The second-order valence-electron chi connectivity index (χ2n) is 6.87. The zero-order chi connectivity index (χ0) is 11.1. The van der Waals surface area contributed by atoms with Crippen LogP contribution in [-0.2, 0) is 0 Å². The minimum Gasteiger partial charge on any atom is -0.330 e. The van der Waals surface area contributed by atoms with Crippen molar-refractivity contribution < 1.29 is 0 Å². The molecule has 0 aromatic heterocycles. The fourth-order valence-electron chi connectivity index (χ4n) is 3.53. The first kappa shape index (κ1) is 11.4. The molecular formula is C14H27N. The highest BCUT2D eigenvalue weighted by Gasteiger charge is 2.43. The quantitative estimate of drug-likeness (QED) is 0.741. The fraction of sp³-hybridized carbons (Fsp3) is 1.00. The van der Waals surface area contributed by atoms with Crippen LogP contribution in [0.25, 0.3) is 0 Å². The van der Waals surface area contributed by atoms with Gasteiger partial charge in [0.25, 0.3) is 0 Å². The molecule has 15 heavy (non-hydrogen) atoms. The van der Waals surface area contributed by atoms with E-state index in [-0.39, 0.29) is 0 Å². The summed E-state index contributed by atoms with van der Waals surface area (Å²) in [6.07, 6.45) is 7.30. The molecule has 2 fully saturated rings. The average molecular weight is 209 g/mol. The summed E-state index contributed by atoms with van der Waals surface area (Å²) in [5.74, 6) is 3.89. The Hall–Kier alpha value is -0.0400. The van der Waals surface area contributed by atoms with Crippen LogP contribution in [0.1, 0.15) is 52.9 Å². The van der Waals surface area contributed by atoms with Gasteiger partial charge in [0, 0.05) is 0 Å². The fourth-order valence-corrected chi connectivity index (χ4v) is 3.53. The van der Waals surface area contributed by atoms with Crippen LogP contribution in [0, 0.1) is 29.1 Å². The van der Waals surface area contributed by atoms with E-state index in [4.69, 9.17) is 5.73 Å². The molecule has 0 radical (unpaired) electrons. The van der Waals surface area contributed by atoms with Crippen LogP contribution in [0.15, 0.2) is 0 Å². The van der Waals surface area contributed by atoms with Crippen LogP contribution in [0.5, 0.6) is 0 Å². The first-order chi connectivity index (χ1) is 7.02. The van der Waals surface area contributed by atoms with Crippen molar-refractivity contribution in [3.8, 4) is 0 Å². The molecule has 2 aliphatic rings. The predicted molar refractivity (Wildman–Crippen MR) is 65.6 cm³/mol. The van der Waals surface area contributed by atoms with E-state index in [2.05, 4.69) is 20.8 Å². The van der Waals surface area contributed by atoms with Gasteiger partial charge in [-0.3, -0.25) is 0 Å². The smallest absolute Gasteiger partial charge is 0.00460 e. The summed E-state index contributed by atoms with van der Waals surface area (Å²) < 4.78 is 0. The van der Waals surface area contributed by atoms with E-state index in [1.807, 2.05) is 0 Å². The molecule has 2 unspecified atom stereocenters. The van der Waals surface area contributed by atoms with Crippen LogP contribution in [0.3, 0.4) is 0 Å². The van der Waals surface area contributed by atoms with Crippen molar-refractivity contribution >= 4 is 0 Å². The van der Waals surface area contributed by atoms with Crippen molar-refractivity contribution in [2.45, 2.75) is 52.9 Å². The van der Waals surface area contributed by atoms with E-state index in [1.165, 1.54) is 32.1 Å². The third kappa shape index (κ3) is 2.55. The highest BCUT2D eigenvalue weighted by molar-refractivity contribution is 4.94. The van der Waals surface area contributed by atoms with Crippen molar-refractivity contribution in [3.05, 3.63) is 0 Å². The maximum atomic E-state index is 5.73. The Morgan fingerprint density at radius 3 is 2.07 bits per heavy atom. The maximum Gasteiger partial charge on any atom is -0.00460 e. The normalized spacial score (nSPS) is 41.6. The maximum absolute atomic E-state index is 5.73. The molecule has 1 nitrogen and oxygen atoms in total. The Kier molecular flexibility index (Phi) is 3.12. The molecule has 0 bridgehead atoms. The summed E-state index contributed by atoms with van der Waals surface area (Å²) in [6, 6.07) is 0. The summed E-state index contributed by atoms with van der Waals surface area (Å²) >= 11 is 0. The summed E-state index contributed by atoms with van der Waals surface area (Å²) in [7, 11) is 0. The Labute approximate surface area is 94.8 Å². The second-order valence-corrected chi connectivity index (χ2v) is 6.87. The lowest BCUT2D eigenvalue weighted by Crippen LogP contribution is -2.26. The third-order valence-electron chi connectivity index (χ3n) is 4.88. The van der Waals surface area contributed by atoms with Crippen molar-refractivity contribution in [1.29, 1.82) is 0 Å². The molecular weight excluding hydrogens is 182 g/mol. The van der Waals surface area contributed by atoms with Gasteiger partial charge < -0.3 is 5.73 Å². The largest absolute Gasteiger partial charge is 0.330 e. The molecule has 0 heterocycles. The highest BCUT2D eigenvalue weighted by Crippen LogP contribution is 2.51. The van der Waals surface area contributed by atoms with Crippen LogP contribution in [0.2, 0.25) is 0 Å². The summed E-state index contributed by atoms with van der Waals surface area (Å²) in [4.78, 5) is 0. The van der Waals surface area contributed by atoms with Gasteiger partial charge in [0.1, 0.15) is 0 Å². The van der Waals surface area contributed by atoms with Gasteiger partial charge in [-0.1, -0.05) is 20.8 Å². The number of hydrogen-bond acceptors (Lipinski definition) is 1. The van der Waals surface area contributed by atoms with E-state index in [0.717, 1.165) is 30.2 Å². The highest BCUT2D eigenvalue weighted by atomic mass is 14.6. The number of hydrogen-bond donors (Lipinski definition) is 1. The zero-order valence-corrected chi connectivity index (χ0v) is 10.6. The lowest BCUT2D eigenvalue weighted by Gasteiger charge is -2.37. The molecule has 2 aliphatic carbocycles. The first-order valence-electron chi connectivity index (χ1n) is 6.72.